The number of hydrogen-bond acceptors (Lipinski definition) is 4. The predicted molar refractivity (Wildman–Crippen MR) is 97.0 cm³/mol. The van der Waals surface area contributed by atoms with Crippen molar-refractivity contribution < 1.29 is 19.5 Å². The standard InChI is InChI=1S/C20H18N2O4/c21-18(24)13-22-17-9-5-4-8-16(17)20(26,19(22)25)12-15(23)11-10-14-6-2-1-3-7-14/h1-11,26H,12-13H2,(H2,21,24)/b11-10-. The summed E-state index contributed by atoms with van der Waals surface area (Å²) in [6, 6.07) is 15.8. The molecular weight excluding hydrogens is 332 g/mol. The van der Waals surface area contributed by atoms with Crippen LogP contribution >= 0.6 is 0 Å². The molecule has 0 bridgehead atoms. The van der Waals surface area contributed by atoms with Crippen molar-refractivity contribution >= 4 is 29.4 Å². The monoisotopic (exact) mass is 350 g/mol. The maximum atomic E-state index is 12.7. The topological polar surface area (TPSA) is 101 Å². The van der Waals surface area contributed by atoms with Gasteiger partial charge in [-0.05, 0) is 17.7 Å². The van der Waals surface area contributed by atoms with E-state index in [4.69, 9.17) is 5.73 Å². The number of aliphatic hydroxyl groups is 1. The molecule has 0 spiro atoms. The molecule has 1 aliphatic heterocycles. The van der Waals surface area contributed by atoms with Crippen LogP contribution in [0, 0.1) is 0 Å². The Morgan fingerprint density at radius 2 is 1.73 bits per heavy atom. The first kappa shape index (κ1) is 17.6. The highest BCUT2D eigenvalue weighted by atomic mass is 16.3. The molecule has 6 heteroatoms. The SMILES string of the molecule is NC(=O)CN1C(=O)C(O)(CC(=O)/C=C\c2ccccc2)c2ccccc21. The van der Waals surface area contributed by atoms with Crippen LogP contribution < -0.4 is 10.6 Å². The van der Waals surface area contributed by atoms with Crippen LogP contribution in [0.2, 0.25) is 0 Å². The van der Waals surface area contributed by atoms with Gasteiger partial charge in [0.15, 0.2) is 11.4 Å². The van der Waals surface area contributed by atoms with E-state index < -0.39 is 29.6 Å². The van der Waals surface area contributed by atoms with Gasteiger partial charge in [-0.1, -0.05) is 54.6 Å². The molecule has 2 amide bonds. The Bertz CT molecular complexity index is 892. The zero-order chi connectivity index (χ0) is 18.7. The number of rotatable bonds is 6. The second-order valence-electron chi connectivity index (χ2n) is 6.12. The van der Waals surface area contributed by atoms with E-state index >= 15 is 0 Å². The summed E-state index contributed by atoms with van der Waals surface area (Å²) in [6.45, 7) is -0.355. The van der Waals surface area contributed by atoms with Gasteiger partial charge < -0.3 is 10.8 Å². The molecule has 0 radical (unpaired) electrons. The number of nitrogens with zero attached hydrogens (tertiary/aromatic N) is 1. The van der Waals surface area contributed by atoms with Crippen LogP contribution in [0.15, 0.2) is 60.7 Å². The summed E-state index contributed by atoms with van der Waals surface area (Å²) in [5, 5.41) is 11.0. The Kier molecular flexibility index (Phi) is 4.69. The van der Waals surface area contributed by atoms with Gasteiger partial charge in [0.1, 0.15) is 6.54 Å². The summed E-state index contributed by atoms with van der Waals surface area (Å²) < 4.78 is 0. The van der Waals surface area contributed by atoms with Crippen molar-refractivity contribution in [3.05, 3.63) is 71.8 Å². The fourth-order valence-corrected chi connectivity index (χ4v) is 3.05. The van der Waals surface area contributed by atoms with Crippen molar-refractivity contribution in [1.82, 2.24) is 0 Å². The number of nitrogens with two attached hydrogens (primary N) is 1. The number of allylic oxidation sites excluding steroid dienone is 1. The minimum absolute atomic E-state index is 0.299. The lowest BCUT2D eigenvalue weighted by molar-refractivity contribution is -0.141. The van der Waals surface area contributed by atoms with Crippen LogP contribution in [-0.2, 0) is 20.0 Å². The molecule has 2 aromatic rings. The van der Waals surface area contributed by atoms with Gasteiger partial charge in [-0.25, -0.2) is 0 Å². The van der Waals surface area contributed by atoms with Gasteiger partial charge in [0, 0.05) is 5.56 Å². The molecule has 3 N–H and O–H groups in total. The number of para-hydroxylation sites is 1. The molecule has 132 valence electrons. The number of fused-ring (bicyclic) bond motifs is 1. The van der Waals surface area contributed by atoms with Crippen LogP contribution in [0.25, 0.3) is 6.08 Å². The van der Waals surface area contributed by atoms with E-state index in [1.54, 1.807) is 30.3 Å². The number of carbonyl (C=O) groups is 3. The van der Waals surface area contributed by atoms with Crippen LogP contribution in [0.3, 0.4) is 0 Å². The third-order valence-electron chi connectivity index (χ3n) is 4.24. The van der Waals surface area contributed by atoms with Crippen LogP contribution in [-0.4, -0.2) is 29.2 Å². The average Bonchev–Trinajstić information content (AvgIpc) is 2.83. The quantitative estimate of drug-likeness (QED) is 0.769. The summed E-state index contributed by atoms with van der Waals surface area (Å²) >= 11 is 0. The summed E-state index contributed by atoms with van der Waals surface area (Å²) in [5.74, 6) is -1.83. The maximum absolute atomic E-state index is 12.7. The first-order chi connectivity index (χ1) is 12.4. The predicted octanol–water partition coefficient (Wildman–Crippen LogP) is 1.38. The number of benzene rings is 2. The Balaban J connectivity index is 1.86. The second-order valence-corrected chi connectivity index (χ2v) is 6.12. The van der Waals surface area contributed by atoms with Crippen LogP contribution in [0.4, 0.5) is 5.69 Å². The molecule has 1 atom stereocenters. The second kappa shape index (κ2) is 6.93. The molecule has 0 aromatic heterocycles. The van der Waals surface area contributed by atoms with Gasteiger partial charge in [0.25, 0.3) is 5.91 Å². The van der Waals surface area contributed by atoms with Crippen molar-refractivity contribution in [2.75, 3.05) is 11.4 Å². The summed E-state index contributed by atoms with van der Waals surface area (Å²) in [4.78, 5) is 37.5. The molecule has 0 saturated carbocycles. The van der Waals surface area contributed by atoms with Crippen molar-refractivity contribution in [3.8, 4) is 0 Å². The summed E-state index contributed by atoms with van der Waals surface area (Å²) in [5.41, 5.74) is 4.71. The number of amides is 2. The van der Waals surface area contributed by atoms with E-state index in [0.717, 1.165) is 10.5 Å². The van der Waals surface area contributed by atoms with Gasteiger partial charge in [-0.3, -0.25) is 19.3 Å². The van der Waals surface area contributed by atoms with Gasteiger partial charge >= 0.3 is 0 Å². The van der Waals surface area contributed by atoms with E-state index in [9.17, 15) is 19.5 Å². The van der Waals surface area contributed by atoms with E-state index in [-0.39, 0.29) is 6.54 Å². The van der Waals surface area contributed by atoms with Crippen LogP contribution in [0.5, 0.6) is 0 Å². The van der Waals surface area contributed by atoms with E-state index in [1.807, 2.05) is 30.3 Å². The van der Waals surface area contributed by atoms with Crippen molar-refractivity contribution in [2.24, 2.45) is 5.73 Å². The highest BCUT2D eigenvalue weighted by Gasteiger charge is 2.50. The lowest BCUT2D eigenvalue weighted by Gasteiger charge is -2.21. The van der Waals surface area contributed by atoms with Gasteiger partial charge in [-0.2, -0.15) is 0 Å². The Morgan fingerprint density at radius 1 is 1.08 bits per heavy atom. The fourth-order valence-electron chi connectivity index (χ4n) is 3.05. The number of ketones is 1. The first-order valence-corrected chi connectivity index (χ1v) is 8.10. The molecule has 2 aromatic carbocycles. The highest BCUT2D eigenvalue weighted by Crippen LogP contribution is 2.42. The summed E-state index contributed by atoms with van der Waals surface area (Å²) in [6.07, 6.45) is 2.54. The smallest absolute Gasteiger partial charge is 0.264 e. The lowest BCUT2D eigenvalue weighted by atomic mass is 9.89. The van der Waals surface area contributed by atoms with Crippen molar-refractivity contribution in [3.63, 3.8) is 0 Å². The molecule has 3 rings (SSSR count). The molecular formula is C20H18N2O4. The number of primary amides is 1. The van der Waals surface area contributed by atoms with E-state index in [2.05, 4.69) is 0 Å². The molecule has 0 aliphatic carbocycles. The van der Waals surface area contributed by atoms with Crippen molar-refractivity contribution in [2.45, 2.75) is 12.0 Å². The highest BCUT2D eigenvalue weighted by molar-refractivity contribution is 6.12. The molecule has 1 heterocycles. The Labute approximate surface area is 150 Å². The first-order valence-electron chi connectivity index (χ1n) is 8.10. The molecule has 6 nitrogen and oxygen atoms in total. The van der Waals surface area contributed by atoms with Gasteiger partial charge in [0.05, 0.1) is 12.1 Å². The number of anilines is 1. The average molecular weight is 350 g/mol. The fraction of sp³-hybridized carbons (Fsp3) is 0.150. The van der Waals surface area contributed by atoms with Gasteiger partial charge in [0.2, 0.25) is 5.91 Å². The molecule has 1 aliphatic rings. The Hall–Kier alpha value is -3.25. The lowest BCUT2D eigenvalue weighted by Crippen LogP contribution is -2.44. The zero-order valence-electron chi connectivity index (χ0n) is 14.0. The van der Waals surface area contributed by atoms with Gasteiger partial charge in [-0.15, -0.1) is 0 Å². The van der Waals surface area contributed by atoms with Crippen molar-refractivity contribution in [1.29, 1.82) is 0 Å². The third kappa shape index (κ3) is 3.27. The van der Waals surface area contributed by atoms with Crippen LogP contribution in [0.1, 0.15) is 17.5 Å². The molecule has 26 heavy (non-hydrogen) atoms. The summed E-state index contributed by atoms with van der Waals surface area (Å²) in [7, 11) is 0. The maximum Gasteiger partial charge on any atom is 0.264 e. The minimum atomic E-state index is -2.01. The molecule has 0 fully saturated rings. The molecule has 0 saturated heterocycles. The zero-order valence-corrected chi connectivity index (χ0v) is 14.0. The number of carbonyl (C=O) groups excluding carboxylic acids is 3. The van der Waals surface area contributed by atoms with E-state index in [0.29, 0.717) is 11.3 Å². The molecule has 1 unspecified atom stereocenters. The number of hydrogen-bond donors (Lipinski definition) is 2. The van der Waals surface area contributed by atoms with E-state index in [1.165, 1.54) is 6.08 Å². The third-order valence-corrected chi connectivity index (χ3v) is 4.24. The normalized spacial score (nSPS) is 19.0. The Morgan fingerprint density at radius 3 is 2.42 bits per heavy atom. The largest absolute Gasteiger partial charge is 0.375 e. The minimum Gasteiger partial charge on any atom is -0.375 e.